The molecule has 0 spiro atoms. The van der Waals surface area contributed by atoms with Crippen molar-refractivity contribution in [3.8, 4) is 6.07 Å². The Bertz CT molecular complexity index is 465. The maximum Gasteiger partial charge on any atom is 0.255 e. The van der Waals surface area contributed by atoms with Gasteiger partial charge in [-0.15, -0.1) is 0 Å². The molecule has 0 fully saturated rings. The average Bonchev–Trinajstić information content (AvgIpc) is 2.27. The maximum absolute atomic E-state index is 11.5. The van der Waals surface area contributed by atoms with E-state index in [9.17, 15) is 9.90 Å². The van der Waals surface area contributed by atoms with Crippen LogP contribution < -0.4 is 11.1 Å². The Labute approximate surface area is 99.1 Å². The number of nitriles is 1. The van der Waals surface area contributed by atoms with Crippen LogP contribution in [0.5, 0.6) is 0 Å². The van der Waals surface area contributed by atoms with Crippen LogP contribution in [0.1, 0.15) is 31.3 Å². The van der Waals surface area contributed by atoms with Gasteiger partial charge in [-0.1, -0.05) is 0 Å². The number of anilines is 1. The number of aliphatic hydroxyl groups excluding tert-OH is 1. The van der Waals surface area contributed by atoms with Crippen molar-refractivity contribution in [2.24, 2.45) is 0 Å². The Kier molecular flexibility index (Phi) is 4.01. The first-order chi connectivity index (χ1) is 7.95. The third-order valence-electron chi connectivity index (χ3n) is 2.01. The summed E-state index contributed by atoms with van der Waals surface area (Å²) < 4.78 is 0. The Morgan fingerprint density at radius 3 is 2.76 bits per heavy atom. The number of nitrogens with zero attached hydrogens (tertiary/aromatic N) is 2. The minimum Gasteiger partial charge on any atom is -0.396 e. The number of hydrogen-bond acceptors (Lipinski definition) is 5. The minimum absolute atomic E-state index is 0.00102. The summed E-state index contributed by atoms with van der Waals surface area (Å²) >= 11 is 0. The second-order valence-corrected chi connectivity index (χ2v) is 3.85. The van der Waals surface area contributed by atoms with Gasteiger partial charge < -0.3 is 16.2 Å². The molecule has 0 aromatic carbocycles. The molecule has 0 aliphatic heterocycles. The highest BCUT2D eigenvalue weighted by Gasteiger charge is 2.20. The van der Waals surface area contributed by atoms with Gasteiger partial charge in [-0.3, -0.25) is 4.79 Å². The molecule has 0 aliphatic rings. The summed E-state index contributed by atoms with van der Waals surface area (Å²) in [5, 5.41) is 21.0. The second-order valence-electron chi connectivity index (χ2n) is 3.85. The van der Waals surface area contributed by atoms with Crippen LogP contribution in [0.25, 0.3) is 0 Å². The highest BCUT2D eigenvalue weighted by molar-refractivity contribution is 5.81. The molecule has 1 amide bonds. The van der Waals surface area contributed by atoms with Crippen molar-refractivity contribution >= 4 is 11.6 Å². The molecule has 1 rings (SSSR count). The fraction of sp³-hybridized carbons (Fsp3) is 0.364. The van der Waals surface area contributed by atoms with E-state index in [1.54, 1.807) is 19.9 Å². The summed E-state index contributed by atoms with van der Waals surface area (Å²) in [5.74, 6) is -0.554. The molecule has 1 aromatic rings. The third-order valence-corrected chi connectivity index (χ3v) is 2.01. The second kappa shape index (κ2) is 5.27. The molecule has 0 saturated heterocycles. The molecule has 0 saturated carbocycles. The number of nitrogens with one attached hydrogen (secondary N) is 1. The topological polar surface area (TPSA) is 112 Å². The zero-order valence-corrected chi connectivity index (χ0v) is 9.64. The SMILES string of the molecule is CC(C)NC(=O)C(O)c1ccc(N)c(C#N)n1. The quantitative estimate of drug-likeness (QED) is 0.686. The number of carbonyl (C=O) groups excluding carboxylic acids is 1. The van der Waals surface area contributed by atoms with Gasteiger partial charge in [0, 0.05) is 6.04 Å². The van der Waals surface area contributed by atoms with Crippen molar-refractivity contribution in [1.29, 1.82) is 5.26 Å². The molecule has 0 aliphatic carbocycles. The highest BCUT2D eigenvalue weighted by Crippen LogP contribution is 2.15. The van der Waals surface area contributed by atoms with Crippen LogP contribution in [-0.4, -0.2) is 22.0 Å². The first-order valence-electron chi connectivity index (χ1n) is 5.10. The van der Waals surface area contributed by atoms with Gasteiger partial charge in [0.05, 0.1) is 11.4 Å². The number of hydrogen-bond donors (Lipinski definition) is 3. The van der Waals surface area contributed by atoms with Crippen molar-refractivity contribution in [2.75, 3.05) is 5.73 Å². The lowest BCUT2D eigenvalue weighted by Crippen LogP contribution is -2.34. The predicted molar refractivity (Wildman–Crippen MR) is 61.6 cm³/mol. The Hall–Kier alpha value is -2.13. The van der Waals surface area contributed by atoms with E-state index in [-0.39, 0.29) is 23.1 Å². The zero-order valence-electron chi connectivity index (χ0n) is 9.64. The molecule has 1 heterocycles. The van der Waals surface area contributed by atoms with Crippen LogP contribution in [0, 0.1) is 11.3 Å². The monoisotopic (exact) mass is 234 g/mol. The van der Waals surface area contributed by atoms with E-state index in [4.69, 9.17) is 11.0 Å². The first-order valence-corrected chi connectivity index (χ1v) is 5.10. The minimum atomic E-state index is -1.40. The largest absolute Gasteiger partial charge is 0.396 e. The number of amides is 1. The van der Waals surface area contributed by atoms with Gasteiger partial charge in [0.1, 0.15) is 6.07 Å². The van der Waals surface area contributed by atoms with Crippen molar-refractivity contribution in [2.45, 2.75) is 26.0 Å². The Morgan fingerprint density at radius 2 is 2.24 bits per heavy atom. The lowest BCUT2D eigenvalue weighted by atomic mass is 10.2. The average molecular weight is 234 g/mol. The molecule has 6 heteroatoms. The summed E-state index contributed by atoms with van der Waals surface area (Å²) in [5.41, 5.74) is 5.81. The standard InChI is InChI=1S/C11H14N4O2/c1-6(2)14-11(17)10(16)8-4-3-7(13)9(5-12)15-8/h3-4,6,10,16H,13H2,1-2H3,(H,14,17). The van der Waals surface area contributed by atoms with Gasteiger partial charge >= 0.3 is 0 Å². The Balaban J connectivity index is 2.93. The summed E-state index contributed by atoms with van der Waals surface area (Å²) in [6.07, 6.45) is -1.40. The molecule has 1 aromatic heterocycles. The number of rotatable bonds is 3. The van der Waals surface area contributed by atoms with Crippen molar-refractivity contribution in [3.63, 3.8) is 0 Å². The van der Waals surface area contributed by atoms with Crippen molar-refractivity contribution in [3.05, 3.63) is 23.5 Å². The van der Waals surface area contributed by atoms with Gasteiger partial charge in [-0.2, -0.15) is 5.26 Å². The number of aliphatic hydroxyl groups is 1. The van der Waals surface area contributed by atoms with Crippen molar-refractivity contribution < 1.29 is 9.90 Å². The first kappa shape index (κ1) is 12.9. The smallest absolute Gasteiger partial charge is 0.255 e. The molecule has 90 valence electrons. The molecular formula is C11H14N4O2. The predicted octanol–water partition coefficient (Wildman–Crippen LogP) is 0.0935. The van der Waals surface area contributed by atoms with Gasteiger partial charge in [0.15, 0.2) is 11.8 Å². The summed E-state index contributed by atoms with van der Waals surface area (Å²) in [6.45, 7) is 3.56. The molecule has 1 atom stereocenters. The van der Waals surface area contributed by atoms with E-state index in [0.29, 0.717) is 0 Å². The molecule has 4 N–H and O–H groups in total. The molecule has 6 nitrogen and oxygen atoms in total. The fourth-order valence-corrected chi connectivity index (χ4v) is 1.22. The number of nitrogen functional groups attached to an aromatic ring is 1. The van der Waals surface area contributed by atoms with E-state index in [1.807, 2.05) is 0 Å². The van der Waals surface area contributed by atoms with Gasteiger partial charge in [0.2, 0.25) is 0 Å². The highest BCUT2D eigenvalue weighted by atomic mass is 16.3. The van der Waals surface area contributed by atoms with E-state index in [1.165, 1.54) is 12.1 Å². The van der Waals surface area contributed by atoms with E-state index in [2.05, 4.69) is 10.3 Å². The summed E-state index contributed by atoms with van der Waals surface area (Å²) in [7, 11) is 0. The molecule has 0 bridgehead atoms. The van der Waals surface area contributed by atoms with E-state index >= 15 is 0 Å². The molecule has 17 heavy (non-hydrogen) atoms. The van der Waals surface area contributed by atoms with Crippen LogP contribution in [-0.2, 0) is 4.79 Å². The van der Waals surface area contributed by atoms with E-state index < -0.39 is 12.0 Å². The van der Waals surface area contributed by atoms with Crippen LogP contribution in [0.2, 0.25) is 0 Å². The number of aromatic nitrogens is 1. The Morgan fingerprint density at radius 1 is 1.59 bits per heavy atom. The molecule has 1 unspecified atom stereocenters. The van der Waals surface area contributed by atoms with Gasteiger partial charge in [0.25, 0.3) is 5.91 Å². The van der Waals surface area contributed by atoms with Crippen LogP contribution in [0.15, 0.2) is 12.1 Å². The van der Waals surface area contributed by atoms with Crippen molar-refractivity contribution in [1.82, 2.24) is 10.3 Å². The number of carbonyl (C=O) groups is 1. The summed E-state index contributed by atoms with van der Waals surface area (Å²) in [6, 6.07) is 4.56. The normalized spacial score (nSPS) is 11.9. The van der Waals surface area contributed by atoms with Gasteiger partial charge in [-0.25, -0.2) is 4.98 Å². The number of nitrogens with two attached hydrogens (primary N) is 1. The maximum atomic E-state index is 11.5. The van der Waals surface area contributed by atoms with Crippen LogP contribution in [0.3, 0.4) is 0 Å². The molecular weight excluding hydrogens is 220 g/mol. The lowest BCUT2D eigenvalue weighted by Gasteiger charge is -2.13. The fourth-order valence-electron chi connectivity index (χ4n) is 1.22. The molecule has 0 radical (unpaired) electrons. The third kappa shape index (κ3) is 3.16. The van der Waals surface area contributed by atoms with Gasteiger partial charge in [-0.05, 0) is 26.0 Å². The lowest BCUT2D eigenvalue weighted by molar-refractivity contribution is -0.130. The van der Waals surface area contributed by atoms with Crippen LogP contribution >= 0.6 is 0 Å². The zero-order chi connectivity index (χ0) is 13.0. The number of pyridine rings is 1. The summed E-state index contributed by atoms with van der Waals surface area (Å²) in [4.78, 5) is 15.3. The van der Waals surface area contributed by atoms with E-state index in [0.717, 1.165) is 0 Å². The van der Waals surface area contributed by atoms with Crippen LogP contribution in [0.4, 0.5) is 5.69 Å².